The minimum Gasteiger partial charge on any atom is -0.352 e. The van der Waals surface area contributed by atoms with Gasteiger partial charge in [0.25, 0.3) is 0 Å². The van der Waals surface area contributed by atoms with Crippen LogP contribution in [0.5, 0.6) is 0 Å². The molecule has 0 saturated carbocycles. The molecule has 8 heteroatoms. The number of hydrogen-bond donors (Lipinski definition) is 2. The minimum absolute atomic E-state index is 0.138. The third kappa shape index (κ3) is 3.61. The van der Waals surface area contributed by atoms with Crippen LogP contribution in [0.3, 0.4) is 0 Å². The number of piperazine rings is 1. The Balaban J connectivity index is 1.37. The van der Waals surface area contributed by atoms with Crippen LogP contribution in [-0.2, 0) is 6.42 Å². The Morgan fingerprint density at radius 1 is 1.20 bits per heavy atom. The van der Waals surface area contributed by atoms with Crippen molar-refractivity contribution in [3.8, 4) is 11.4 Å². The maximum Gasteiger partial charge on any atom is 0.183 e. The molecule has 0 aliphatic carbocycles. The van der Waals surface area contributed by atoms with E-state index >= 15 is 0 Å². The number of benzene rings is 2. The molecular formula is C22H22FN7. The SMILES string of the molecule is Cc1n[nH]c2ccc(-c3nncc(N4CCNC(Cc5ccccc5F)C4)n3)cc12. The van der Waals surface area contributed by atoms with Gasteiger partial charge in [0.2, 0.25) is 0 Å². The number of rotatable bonds is 4. The number of anilines is 1. The summed E-state index contributed by atoms with van der Waals surface area (Å²) in [5, 5.41) is 20.2. The van der Waals surface area contributed by atoms with Crippen molar-refractivity contribution in [3.05, 3.63) is 65.7 Å². The van der Waals surface area contributed by atoms with E-state index < -0.39 is 0 Å². The van der Waals surface area contributed by atoms with Gasteiger partial charge in [-0.3, -0.25) is 5.10 Å². The molecule has 0 spiro atoms. The summed E-state index contributed by atoms with van der Waals surface area (Å²) in [7, 11) is 0. The number of fused-ring (bicyclic) bond motifs is 1. The smallest absolute Gasteiger partial charge is 0.183 e. The van der Waals surface area contributed by atoms with Crippen LogP contribution in [0.1, 0.15) is 11.3 Å². The van der Waals surface area contributed by atoms with Crippen LogP contribution in [0.25, 0.3) is 22.3 Å². The third-order valence-electron chi connectivity index (χ3n) is 5.56. The second kappa shape index (κ2) is 7.79. The summed E-state index contributed by atoms with van der Waals surface area (Å²) < 4.78 is 14.0. The molecule has 0 radical (unpaired) electrons. The molecular weight excluding hydrogens is 381 g/mol. The first-order chi connectivity index (χ1) is 14.7. The first-order valence-corrected chi connectivity index (χ1v) is 10.0. The number of aryl methyl sites for hydroxylation is 1. The Labute approximate surface area is 173 Å². The van der Waals surface area contributed by atoms with Crippen molar-refractivity contribution in [2.24, 2.45) is 0 Å². The van der Waals surface area contributed by atoms with E-state index in [4.69, 9.17) is 4.98 Å². The monoisotopic (exact) mass is 403 g/mol. The van der Waals surface area contributed by atoms with Gasteiger partial charge < -0.3 is 10.2 Å². The maximum atomic E-state index is 14.0. The molecule has 7 nitrogen and oxygen atoms in total. The van der Waals surface area contributed by atoms with E-state index in [1.54, 1.807) is 12.3 Å². The summed E-state index contributed by atoms with van der Waals surface area (Å²) in [6.07, 6.45) is 2.32. The molecule has 1 aliphatic rings. The van der Waals surface area contributed by atoms with Gasteiger partial charge >= 0.3 is 0 Å². The highest BCUT2D eigenvalue weighted by atomic mass is 19.1. The van der Waals surface area contributed by atoms with Crippen LogP contribution in [0.4, 0.5) is 10.2 Å². The van der Waals surface area contributed by atoms with Crippen LogP contribution in [0.15, 0.2) is 48.7 Å². The lowest BCUT2D eigenvalue weighted by Gasteiger charge is -2.34. The molecule has 1 unspecified atom stereocenters. The van der Waals surface area contributed by atoms with E-state index in [0.717, 1.165) is 53.2 Å². The van der Waals surface area contributed by atoms with Crippen LogP contribution in [0.2, 0.25) is 0 Å². The van der Waals surface area contributed by atoms with Crippen molar-refractivity contribution in [2.45, 2.75) is 19.4 Å². The van der Waals surface area contributed by atoms with Gasteiger partial charge in [-0.05, 0) is 43.2 Å². The van der Waals surface area contributed by atoms with Gasteiger partial charge in [-0.15, -0.1) is 5.10 Å². The first kappa shape index (κ1) is 18.6. The highest BCUT2D eigenvalue weighted by Crippen LogP contribution is 2.24. The quantitative estimate of drug-likeness (QED) is 0.545. The highest BCUT2D eigenvalue weighted by molar-refractivity contribution is 5.85. The number of hydrogen-bond acceptors (Lipinski definition) is 6. The summed E-state index contributed by atoms with van der Waals surface area (Å²) >= 11 is 0. The predicted molar refractivity (Wildman–Crippen MR) is 114 cm³/mol. The van der Waals surface area contributed by atoms with E-state index in [9.17, 15) is 4.39 Å². The normalized spacial score (nSPS) is 16.9. The van der Waals surface area contributed by atoms with Crippen molar-refractivity contribution >= 4 is 16.7 Å². The minimum atomic E-state index is -0.160. The summed E-state index contributed by atoms with van der Waals surface area (Å²) in [4.78, 5) is 6.95. The molecule has 1 atom stereocenters. The fourth-order valence-electron chi connectivity index (χ4n) is 3.95. The molecule has 2 aromatic heterocycles. The fraction of sp³-hybridized carbons (Fsp3) is 0.273. The lowest BCUT2D eigenvalue weighted by atomic mass is 10.0. The molecule has 30 heavy (non-hydrogen) atoms. The van der Waals surface area contributed by atoms with Gasteiger partial charge in [0.1, 0.15) is 5.82 Å². The van der Waals surface area contributed by atoms with E-state index in [1.165, 1.54) is 6.07 Å². The van der Waals surface area contributed by atoms with Crippen molar-refractivity contribution in [1.29, 1.82) is 0 Å². The topological polar surface area (TPSA) is 82.6 Å². The van der Waals surface area contributed by atoms with Crippen LogP contribution >= 0.6 is 0 Å². The molecule has 152 valence electrons. The number of aromatic amines is 1. The van der Waals surface area contributed by atoms with Gasteiger partial charge in [-0.25, -0.2) is 9.37 Å². The molecule has 3 heterocycles. The molecule has 0 bridgehead atoms. The number of nitrogens with zero attached hydrogens (tertiary/aromatic N) is 5. The average Bonchev–Trinajstić information content (AvgIpc) is 3.16. The molecule has 1 aliphatic heterocycles. The second-order valence-electron chi connectivity index (χ2n) is 7.60. The Morgan fingerprint density at radius 3 is 3.00 bits per heavy atom. The zero-order chi connectivity index (χ0) is 20.5. The molecule has 2 aromatic carbocycles. The van der Waals surface area contributed by atoms with E-state index in [0.29, 0.717) is 12.2 Å². The Kier molecular flexibility index (Phi) is 4.84. The van der Waals surface area contributed by atoms with Crippen LogP contribution < -0.4 is 10.2 Å². The molecule has 0 amide bonds. The summed E-state index contributed by atoms with van der Waals surface area (Å²) in [5.74, 6) is 1.20. The Morgan fingerprint density at radius 2 is 2.10 bits per heavy atom. The number of nitrogens with one attached hydrogen (secondary N) is 2. The summed E-state index contributed by atoms with van der Waals surface area (Å²) in [5.41, 5.74) is 3.55. The lowest BCUT2D eigenvalue weighted by molar-refractivity contribution is 0.445. The fourth-order valence-corrected chi connectivity index (χ4v) is 3.95. The zero-order valence-electron chi connectivity index (χ0n) is 16.6. The first-order valence-electron chi connectivity index (χ1n) is 10.0. The van der Waals surface area contributed by atoms with E-state index in [2.05, 4.69) is 30.6 Å². The summed E-state index contributed by atoms with van der Waals surface area (Å²) in [6, 6.07) is 13.1. The van der Waals surface area contributed by atoms with Crippen LogP contribution in [0, 0.1) is 12.7 Å². The van der Waals surface area contributed by atoms with Crippen molar-refractivity contribution in [3.63, 3.8) is 0 Å². The number of halogens is 1. The van der Waals surface area contributed by atoms with Gasteiger partial charge in [-0.2, -0.15) is 10.2 Å². The van der Waals surface area contributed by atoms with Gasteiger partial charge in [0.05, 0.1) is 17.4 Å². The lowest BCUT2D eigenvalue weighted by Crippen LogP contribution is -2.52. The van der Waals surface area contributed by atoms with Crippen molar-refractivity contribution in [2.75, 3.05) is 24.5 Å². The molecule has 1 saturated heterocycles. The van der Waals surface area contributed by atoms with E-state index in [-0.39, 0.29) is 11.9 Å². The standard InChI is InChI=1S/C22H22FN7/c1-14-18-11-16(6-7-20(18)28-27-14)22-26-21(12-25-29-22)30-9-8-24-17(13-30)10-15-4-2-3-5-19(15)23/h2-7,11-12,17,24H,8-10,13H2,1H3,(H,27,28). The number of H-pyrrole nitrogens is 1. The Bertz CT molecular complexity index is 1190. The highest BCUT2D eigenvalue weighted by Gasteiger charge is 2.22. The van der Waals surface area contributed by atoms with Gasteiger partial charge in [-0.1, -0.05) is 18.2 Å². The van der Waals surface area contributed by atoms with Crippen molar-refractivity contribution < 1.29 is 4.39 Å². The maximum absolute atomic E-state index is 14.0. The van der Waals surface area contributed by atoms with Crippen molar-refractivity contribution in [1.82, 2.24) is 30.7 Å². The third-order valence-corrected chi connectivity index (χ3v) is 5.56. The number of aromatic nitrogens is 5. The van der Waals surface area contributed by atoms with Gasteiger partial charge in [0, 0.05) is 36.6 Å². The molecule has 1 fully saturated rings. The Hall–Kier alpha value is -3.39. The zero-order valence-corrected chi connectivity index (χ0v) is 16.6. The van der Waals surface area contributed by atoms with Gasteiger partial charge in [0.15, 0.2) is 11.6 Å². The molecule has 5 rings (SSSR count). The predicted octanol–water partition coefficient (Wildman–Crippen LogP) is 2.88. The van der Waals surface area contributed by atoms with Crippen LogP contribution in [-0.4, -0.2) is 51.1 Å². The summed E-state index contributed by atoms with van der Waals surface area (Å²) in [6.45, 7) is 4.31. The van der Waals surface area contributed by atoms with E-state index in [1.807, 2.05) is 37.3 Å². The molecule has 2 N–H and O–H groups in total. The average molecular weight is 403 g/mol. The molecule has 4 aromatic rings. The second-order valence-corrected chi connectivity index (χ2v) is 7.60. The largest absolute Gasteiger partial charge is 0.352 e.